The molecule has 23 heavy (non-hydrogen) atoms. The highest BCUT2D eigenvalue weighted by Gasteiger charge is 2.15. The highest BCUT2D eigenvalue weighted by atomic mass is 79.9. The van der Waals surface area contributed by atoms with E-state index in [9.17, 15) is 14.0 Å². The third-order valence-electron chi connectivity index (χ3n) is 3.23. The van der Waals surface area contributed by atoms with Gasteiger partial charge in [0.2, 0.25) is 5.91 Å². The Bertz CT molecular complexity index is 721. The second-order valence-corrected chi connectivity index (χ2v) is 5.80. The minimum Gasteiger partial charge on any atom is -0.350 e. The number of hydrogen-bond donors (Lipinski definition) is 1. The van der Waals surface area contributed by atoms with Crippen molar-refractivity contribution in [3.8, 4) is 0 Å². The molecule has 0 heterocycles. The summed E-state index contributed by atoms with van der Waals surface area (Å²) in [5, 5.41) is 2.72. The molecule has 0 spiro atoms. The molecular formula is C17H16BrFN2O2. The number of carbonyl (C=O) groups excluding carboxylic acids is 2. The van der Waals surface area contributed by atoms with Crippen LogP contribution in [0.25, 0.3) is 0 Å². The van der Waals surface area contributed by atoms with Gasteiger partial charge in [0.15, 0.2) is 0 Å². The maximum absolute atomic E-state index is 13.8. The van der Waals surface area contributed by atoms with Crippen LogP contribution < -0.4 is 10.2 Å². The molecule has 2 rings (SSSR count). The molecular weight excluding hydrogens is 363 g/mol. The predicted octanol–water partition coefficient (Wildman–Crippen LogP) is 3.37. The molecule has 0 aliphatic heterocycles. The fourth-order valence-electron chi connectivity index (χ4n) is 2.13. The summed E-state index contributed by atoms with van der Waals surface area (Å²) in [5.41, 5.74) is 0.719. The first kappa shape index (κ1) is 17.1. The van der Waals surface area contributed by atoms with Crippen LogP contribution in [0.4, 0.5) is 10.1 Å². The van der Waals surface area contributed by atoms with E-state index in [2.05, 4.69) is 21.2 Å². The van der Waals surface area contributed by atoms with Crippen LogP contribution in [-0.4, -0.2) is 24.9 Å². The van der Waals surface area contributed by atoms with Gasteiger partial charge in [-0.25, -0.2) is 4.39 Å². The number of hydrogen-bond acceptors (Lipinski definition) is 2. The van der Waals surface area contributed by atoms with E-state index in [0.717, 1.165) is 4.47 Å². The van der Waals surface area contributed by atoms with Gasteiger partial charge in [-0.1, -0.05) is 34.1 Å². The van der Waals surface area contributed by atoms with Crippen molar-refractivity contribution in [3.05, 3.63) is 64.4 Å². The number of amides is 2. The van der Waals surface area contributed by atoms with Gasteiger partial charge in [-0.15, -0.1) is 0 Å². The quantitative estimate of drug-likeness (QED) is 0.866. The molecule has 0 saturated carbocycles. The van der Waals surface area contributed by atoms with Crippen molar-refractivity contribution in [1.82, 2.24) is 5.32 Å². The van der Waals surface area contributed by atoms with Gasteiger partial charge in [-0.05, 0) is 30.3 Å². The predicted molar refractivity (Wildman–Crippen MR) is 90.9 cm³/mol. The van der Waals surface area contributed by atoms with Gasteiger partial charge in [-0.2, -0.15) is 0 Å². The Balaban J connectivity index is 1.99. The third kappa shape index (κ3) is 4.63. The highest BCUT2D eigenvalue weighted by Crippen LogP contribution is 2.18. The zero-order valence-corrected chi connectivity index (χ0v) is 14.1. The molecule has 0 aliphatic rings. The summed E-state index contributed by atoms with van der Waals surface area (Å²) in [6.45, 7) is 1.78. The Hall–Kier alpha value is -2.21. The van der Waals surface area contributed by atoms with Crippen LogP contribution in [0, 0.1) is 5.82 Å². The van der Waals surface area contributed by atoms with Crippen LogP contribution in [0.3, 0.4) is 0 Å². The van der Waals surface area contributed by atoms with Crippen molar-refractivity contribution in [3.63, 3.8) is 0 Å². The summed E-state index contributed by atoms with van der Waals surface area (Å²) in [5.74, 6) is -1.00. The SMILES string of the molecule is CC(=O)N(CCNC(=O)c1cccc(Br)c1)c1ccccc1F. The molecule has 2 aromatic rings. The highest BCUT2D eigenvalue weighted by molar-refractivity contribution is 9.10. The lowest BCUT2D eigenvalue weighted by Crippen LogP contribution is -2.38. The molecule has 0 atom stereocenters. The molecule has 0 saturated heterocycles. The van der Waals surface area contributed by atoms with Crippen molar-refractivity contribution >= 4 is 33.4 Å². The Labute approximate surface area is 142 Å². The molecule has 0 aliphatic carbocycles. The topological polar surface area (TPSA) is 49.4 Å². The van der Waals surface area contributed by atoms with Crippen molar-refractivity contribution in [1.29, 1.82) is 0 Å². The van der Waals surface area contributed by atoms with Gasteiger partial charge >= 0.3 is 0 Å². The van der Waals surface area contributed by atoms with Gasteiger partial charge < -0.3 is 10.2 Å². The molecule has 1 N–H and O–H groups in total. The molecule has 0 bridgehead atoms. The van der Waals surface area contributed by atoms with Crippen LogP contribution in [0.2, 0.25) is 0 Å². The lowest BCUT2D eigenvalue weighted by atomic mass is 10.2. The number of carbonyl (C=O) groups is 2. The third-order valence-corrected chi connectivity index (χ3v) is 3.72. The first-order valence-corrected chi connectivity index (χ1v) is 7.84. The van der Waals surface area contributed by atoms with Crippen molar-refractivity contribution in [2.24, 2.45) is 0 Å². The lowest BCUT2D eigenvalue weighted by Gasteiger charge is -2.21. The Morgan fingerprint density at radius 2 is 1.91 bits per heavy atom. The fourth-order valence-corrected chi connectivity index (χ4v) is 2.53. The monoisotopic (exact) mass is 378 g/mol. The summed E-state index contributed by atoms with van der Waals surface area (Å²) in [7, 11) is 0. The summed E-state index contributed by atoms with van der Waals surface area (Å²) < 4.78 is 14.6. The lowest BCUT2D eigenvalue weighted by molar-refractivity contribution is -0.116. The Kier molecular flexibility index (Phi) is 5.87. The summed E-state index contributed by atoms with van der Waals surface area (Å²) in [6.07, 6.45) is 0. The molecule has 4 nitrogen and oxygen atoms in total. The fraction of sp³-hybridized carbons (Fsp3) is 0.176. The van der Waals surface area contributed by atoms with Crippen LogP contribution in [0.15, 0.2) is 53.0 Å². The minimum absolute atomic E-state index is 0.190. The van der Waals surface area contributed by atoms with E-state index in [1.807, 2.05) is 6.07 Å². The number of anilines is 1. The molecule has 120 valence electrons. The first-order valence-electron chi connectivity index (χ1n) is 7.05. The van der Waals surface area contributed by atoms with E-state index < -0.39 is 5.82 Å². The van der Waals surface area contributed by atoms with Crippen LogP contribution >= 0.6 is 15.9 Å². The number of halogens is 2. The summed E-state index contributed by atoms with van der Waals surface area (Å²) in [6, 6.07) is 13.0. The van der Waals surface area contributed by atoms with Gasteiger partial charge in [-0.3, -0.25) is 9.59 Å². The largest absolute Gasteiger partial charge is 0.350 e. The minimum atomic E-state index is -0.471. The van der Waals surface area contributed by atoms with Gasteiger partial charge in [0.1, 0.15) is 5.82 Å². The van der Waals surface area contributed by atoms with E-state index >= 15 is 0 Å². The van der Waals surface area contributed by atoms with E-state index in [4.69, 9.17) is 0 Å². The maximum Gasteiger partial charge on any atom is 0.251 e. The smallest absolute Gasteiger partial charge is 0.251 e. The molecule has 0 fully saturated rings. The van der Waals surface area contributed by atoms with Crippen LogP contribution in [-0.2, 0) is 4.79 Å². The number of nitrogens with one attached hydrogen (secondary N) is 1. The van der Waals surface area contributed by atoms with Crippen molar-refractivity contribution in [2.75, 3.05) is 18.0 Å². The molecule has 6 heteroatoms. The molecule has 0 aromatic heterocycles. The van der Waals surface area contributed by atoms with Gasteiger partial charge in [0.05, 0.1) is 5.69 Å². The Morgan fingerprint density at radius 3 is 2.57 bits per heavy atom. The Morgan fingerprint density at radius 1 is 1.17 bits per heavy atom. The number of para-hydroxylation sites is 1. The molecule has 2 aromatic carbocycles. The summed E-state index contributed by atoms with van der Waals surface area (Å²) in [4.78, 5) is 25.1. The molecule has 2 amide bonds. The van der Waals surface area contributed by atoms with Gasteiger partial charge in [0.25, 0.3) is 5.91 Å². The second kappa shape index (κ2) is 7.87. The van der Waals surface area contributed by atoms with Crippen molar-refractivity contribution < 1.29 is 14.0 Å². The molecule has 0 unspecified atom stereocenters. The molecule has 0 radical (unpaired) electrons. The van der Waals surface area contributed by atoms with E-state index in [-0.39, 0.29) is 30.6 Å². The van der Waals surface area contributed by atoms with E-state index in [1.54, 1.807) is 30.3 Å². The normalized spacial score (nSPS) is 10.2. The van der Waals surface area contributed by atoms with Gasteiger partial charge in [0, 0.05) is 30.0 Å². The average Bonchev–Trinajstić information content (AvgIpc) is 2.52. The van der Waals surface area contributed by atoms with Crippen molar-refractivity contribution in [2.45, 2.75) is 6.92 Å². The second-order valence-electron chi connectivity index (χ2n) is 4.89. The number of benzene rings is 2. The van der Waals surface area contributed by atoms with E-state index in [1.165, 1.54) is 24.0 Å². The summed E-state index contributed by atoms with van der Waals surface area (Å²) >= 11 is 3.30. The maximum atomic E-state index is 13.8. The van der Waals surface area contributed by atoms with Crippen LogP contribution in [0.1, 0.15) is 17.3 Å². The average molecular weight is 379 g/mol. The number of rotatable bonds is 5. The number of nitrogens with zero attached hydrogens (tertiary/aromatic N) is 1. The van der Waals surface area contributed by atoms with E-state index in [0.29, 0.717) is 5.56 Å². The zero-order valence-electron chi connectivity index (χ0n) is 12.6. The first-order chi connectivity index (χ1) is 11.0. The van der Waals surface area contributed by atoms with Crippen LogP contribution in [0.5, 0.6) is 0 Å². The standard InChI is InChI=1S/C17H16BrFN2O2/c1-12(22)21(16-8-3-2-7-15(16)19)10-9-20-17(23)13-5-4-6-14(18)11-13/h2-8,11H,9-10H2,1H3,(H,20,23). The zero-order chi connectivity index (χ0) is 16.8.